The minimum Gasteiger partial charge on any atom is -0.475 e. The van der Waals surface area contributed by atoms with Crippen LogP contribution in [0.4, 0.5) is 5.82 Å². The number of hydrogen-bond acceptors (Lipinski definition) is 5. The van der Waals surface area contributed by atoms with E-state index >= 15 is 0 Å². The van der Waals surface area contributed by atoms with Crippen LogP contribution in [-0.2, 0) is 4.74 Å². The molecule has 1 aromatic rings. The lowest BCUT2D eigenvalue weighted by molar-refractivity contribution is 0.0986. The van der Waals surface area contributed by atoms with E-state index in [-0.39, 0.29) is 0 Å². The zero-order chi connectivity index (χ0) is 12.7. The highest BCUT2D eigenvalue weighted by Crippen LogP contribution is 2.21. The maximum atomic E-state index is 5.59. The van der Waals surface area contributed by atoms with Gasteiger partial charge in [-0.25, -0.2) is 4.98 Å². The van der Waals surface area contributed by atoms with Crippen molar-refractivity contribution in [2.75, 3.05) is 32.2 Å². The number of hydrogen-bond donors (Lipinski definition) is 1. The second kappa shape index (κ2) is 7.06. The standard InChI is InChI=1S/C12H21N3O2/c1-5-6-16-7-8-17-12-9(2)11(13-4)14-10(3)15-12/h5-8H2,1-4H3,(H,13,14,15). The summed E-state index contributed by atoms with van der Waals surface area (Å²) in [6.07, 6.45) is 1.02. The first-order valence-electron chi connectivity index (χ1n) is 5.92. The van der Waals surface area contributed by atoms with Crippen molar-refractivity contribution >= 4 is 5.82 Å². The van der Waals surface area contributed by atoms with Gasteiger partial charge in [0.25, 0.3) is 0 Å². The largest absolute Gasteiger partial charge is 0.475 e. The molecule has 0 aliphatic carbocycles. The van der Waals surface area contributed by atoms with E-state index < -0.39 is 0 Å². The van der Waals surface area contributed by atoms with Crippen molar-refractivity contribution in [3.8, 4) is 5.88 Å². The molecule has 0 aromatic carbocycles. The molecule has 0 aliphatic heterocycles. The van der Waals surface area contributed by atoms with Crippen molar-refractivity contribution in [3.05, 3.63) is 11.4 Å². The fourth-order valence-corrected chi connectivity index (χ4v) is 1.43. The van der Waals surface area contributed by atoms with Crippen molar-refractivity contribution in [1.82, 2.24) is 9.97 Å². The van der Waals surface area contributed by atoms with Gasteiger partial charge >= 0.3 is 0 Å². The van der Waals surface area contributed by atoms with E-state index in [1.165, 1.54) is 0 Å². The molecule has 0 fully saturated rings. The second-order valence-electron chi connectivity index (χ2n) is 3.76. The molecule has 0 atom stereocenters. The van der Waals surface area contributed by atoms with Crippen LogP contribution in [0.3, 0.4) is 0 Å². The Morgan fingerprint density at radius 1 is 1.12 bits per heavy atom. The van der Waals surface area contributed by atoms with Gasteiger partial charge in [-0.3, -0.25) is 0 Å². The molecule has 0 radical (unpaired) electrons. The smallest absolute Gasteiger partial charge is 0.221 e. The zero-order valence-electron chi connectivity index (χ0n) is 11.0. The van der Waals surface area contributed by atoms with E-state index in [9.17, 15) is 0 Å². The highest BCUT2D eigenvalue weighted by Gasteiger charge is 2.08. The molecule has 0 saturated carbocycles. The monoisotopic (exact) mass is 239 g/mol. The number of nitrogens with one attached hydrogen (secondary N) is 1. The first kappa shape index (κ1) is 13.7. The number of ether oxygens (including phenoxy) is 2. The lowest BCUT2D eigenvalue weighted by Gasteiger charge is -2.11. The summed E-state index contributed by atoms with van der Waals surface area (Å²) in [5.74, 6) is 2.13. The Hall–Kier alpha value is -1.36. The van der Waals surface area contributed by atoms with E-state index in [0.29, 0.717) is 24.9 Å². The van der Waals surface area contributed by atoms with E-state index in [1.54, 1.807) is 0 Å². The quantitative estimate of drug-likeness (QED) is 0.737. The molecule has 0 amide bonds. The highest BCUT2D eigenvalue weighted by atomic mass is 16.5. The fourth-order valence-electron chi connectivity index (χ4n) is 1.43. The van der Waals surface area contributed by atoms with E-state index in [0.717, 1.165) is 24.4 Å². The summed E-state index contributed by atoms with van der Waals surface area (Å²) in [5.41, 5.74) is 0.925. The third-order valence-electron chi connectivity index (χ3n) is 2.26. The maximum Gasteiger partial charge on any atom is 0.221 e. The predicted molar refractivity (Wildman–Crippen MR) is 67.7 cm³/mol. The molecule has 5 heteroatoms. The van der Waals surface area contributed by atoms with Gasteiger partial charge in [0.15, 0.2) is 0 Å². The average molecular weight is 239 g/mol. The van der Waals surface area contributed by atoms with Crippen molar-refractivity contribution in [2.45, 2.75) is 27.2 Å². The van der Waals surface area contributed by atoms with Gasteiger partial charge in [-0.05, 0) is 20.3 Å². The molecule has 0 bridgehead atoms. The van der Waals surface area contributed by atoms with Gasteiger partial charge in [-0.1, -0.05) is 6.92 Å². The summed E-state index contributed by atoms with van der Waals surface area (Å²) in [6.45, 7) is 7.74. The molecule has 1 N–H and O–H groups in total. The highest BCUT2D eigenvalue weighted by molar-refractivity contribution is 5.47. The molecular weight excluding hydrogens is 218 g/mol. The number of aryl methyl sites for hydroxylation is 1. The molecule has 5 nitrogen and oxygen atoms in total. The lowest BCUT2D eigenvalue weighted by atomic mass is 10.3. The Kier molecular flexibility index (Phi) is 5.69. The Morgan fingerprint density at radius 2 is 1.88 bits per heavy atom. The van der Waals surface area contributed by atoms with Crippen LogP contribution in [0, 0.1) is 13.8 Å². The van der Waals surface area contributed by atoms with Gasteiger partial charge in [0.2, 0.25) is 5.88 Å². The van der Waals surface area contributed by atoms with Crippen LogP contribution >= 0.6 is 0 Å². The Bertz CT molecular complexity index is 356. The topological polar surface area (TPSA) is 56.3 Å². The zero-order valence-corrected chi connectivity index (χ0v) is 11.0. The van der Waals surface area contributed by atoms with Gasteiger partial charge < -0.3 is 14.8 Å². The van der Waals surface area contributed by atoms with Crippen LogP contribution in [0.1, 0.15) is 24.7 Å². The molecule has 1 aromatic heterocycles. The average Bonchev–Trinajstić information content (AvgIpc) is 2.32. The van der Waals surface area contributed by atoms with E-state index in [2.05, 4.69) is 22.2 Å². The molecule has 0 unspecified atom stereocenters. The van der Waals surface area contributed by atoms with Crippen molar-refractivity contribution in [1.29, 1.82) is 0 Å². The number of rotatable bonds is 7. The van der Waals surface area contributed by atoms with Gasteiger partial charge in [0, 0.05) is 13.7 Å². The first-order chi connectivity index (χ1) is 8.19. The minimum absolute atomic E-state index is 0.514. The summed E-state index contributed by atoms with van der Waals surface area (Å²) < 4.78 is 10.9. The lowest BCUT2D eigenvalue weighted by Crippen LogP contribution is -2.10. The molecular formula is C12H21N3O2. The van der Waals surface area contributed by atoms with Crippen molar-refractivity contribution < 1.29 is 9.47 Å². The van der Waals surface area contributed by atoms with E-state index in [1.807, 2.05) is 20.9 Å². The minimum atomic E-state index is 0.514. The molecule has 0 spiro atoms. The summed E-state index contributed by atoms with van der Waals surface area (Å²) in [4.78, 5) is 8.55. The molecule has 17 heavy (non-hydrogen) atoms. The van der Waals surface area contributed by atoms with Crippen LogP contribution in [0.25, 0.3) is 0 Å². The number of anilines is 1. The molecule has 96 valence electrons. The third kappa shape index (κ3) is 4.19. The van der Waals surface area contributed by atoms with Gasteiger partial charge in [-0.15, -0.1) is 0 Å². The third-order valence-corrected chi connectivity index (χ3v) is 2.26. The molecule has 1 rings (SSSR count). The predicted octanol–water partition coefficient (Wildman–Crippen LogP) is 1.94. The normalized spacial score (nSPS) is 10.4. The Balaban J connectivity index is 2.55. The van der Waals surface area contributed by atoms with Crippen molar-refractivity contribution in [2.24, 2.45) is 0 Å². The summed E-state index contributed by atoms with van der Waals surface area (Å²) >= 11 is 0. The molecule has 0 aliphatic rings. The fraction of sp³-hybridized carbons (Fsp3) is 0.667. The summed E-state index contributed by atoms with van der Waals surface area (Å²) in [6, 6.07) is 0. The molecule has 1 heterocycles. The van der Waals surface area contributed by atoms with Crippen LogP contribution in [0.5, 0.6) is 5.88 Å². The summed E-state index contributed by atoms with van der Waals surface area (Å²) in [5, 5.41) is 3.02. The summed E-state index contributed by atoms with van der Waals surface area (Å²) in [7, 11) is 1.84. The second-order valence-corrected chi connectivity index (χ2v) is 3.76. The van der Waals surface area contributed by atoms with Gasteiger partial charge in [0.1, 0.15) is 18.2 Å². The Morgan fingerprint density at radius 3 is 2.53 bits per heavy atom. The Labute approximate surface area is 103 Å². The van der Waals surface area contributed by atoms with Crippen LogP contribution in [0.2, 0.25) is 0 Å². The van der Waals surface area contributed by atoms with Crippen LogP contribution in [0.15, 0.2) is 0 Å². The van der Waals surface area contributed by atoms with Crippen molar-refractivity contribution in [3.63, 3.8) is 0 Å². The van der Waals surface area contributed by atoms with Gasteiger partial charge in [-0.2, -0.15) is 4.98 Å². The van der Waals surface area contributed by atoms with Crippen LogP contribution in [-0.4, -0.2) is 36.8 Å². The maximum absolute atomic E-state index is 5.59. The number of nitrogens with zero attached hydrogens (tertiary/aromatic N) is 2. The first-order valence-corrected chi connectivity index (χ1v) is 5.92. The number of aromatic nitrogens is 2. The SMILES string of the molecule is CCCOCCOc1nc(C)nc(NC)c1C. The van der Waals surface area contributed by atoms with Gasteiger partial charge in [0.05, 0.1) is 12.2 Å². The van der Waals surface area contributed by atoms with Crippen LogP contribution < -0.4 is 10.1 Å². The molecule has 0 saturated heterocycles. The van der Waals surface area contributed by atoms with E-state index in [4.69, 9.17) is 9.47 Å².